The van der Waals surface area contributed by atoms with Crippen LogP contribution < -0.4 is 4.90 Å². The predicted octanol–water partition coefficient (Wildman–Crippen LogP) is 19.3. The van der Waals surface area contributed by atoms with Crippen molar-refractivity contribution < 1.29 is 0 Å². The number of thiophene rings is 1. The molecule has 0 fully saturated rings. The van der Waals surface area contributed by atoms with Gasteiger partial charge >= 0.3 is 0 Å². The Hall–Kier alpha value is -8.56. The van der Waals surface area contributed by atoms with E-state index in [1.807, 2.05) is 11.3 Å². The minimum atomic E-state index is -0.526. The summed E-state index contributed by atoms with van der Waals surface area (Å²) in [6, 6.07) is 90.1. The van der Waals surface area contributed by atoms with Crippen LogP contribution in [0.15, 0.2) is 237 Å². The van der Waals surface area contributed by atoms with E-state index in [0.717, 1.165) is 17.1 Å². The Morgan fingerprint density at radius 2 is 0.750 bits per heavy atom. The highest BCUT2D eigenvalue weighted by molar-refractivity contribution is 7.26. The maximum atomic E-state index is 2.62. The van der Waals surface area contributed by atoms with Crippen molar-refractivity contribution in [1.29, 1.82) is 0 Å². The highest BCUT2D eigenvalue weighted by Gasteiger charge is 2.52. The quantitative estimate of drug-likeness (QED) is 0.159. The van der Waals surface area contributed by atoms with Crippen LogP contribution in [-0.4, -0.2) is 0 Å². The van der Waals surface area contributed by atoms with E-state index < -0.39 is 5.41 Å². The second kappa shape index (κ2) is 14.5. The molecule has 3 aliphatic rings. The summed E-state index contributed by atoms with van der Waals surface area (Å²) in [4.78, 5) is 2.62. The number of hydrogen-bond donors (Lipinski definition) is 0. The zero-order chi connectivity index (χ0) is 47.5. The minimum Gasteiger partial charge on any atom is -0.310 e. The first-order chi connectivity index (χ1) is 35.5. The third-order valence-corrected chi connectivity index (χ3v) is 18.1. The van der Waals surface area contributed by atoms with E-state index in [4.69, 9.17) is 0 Å². The number of benzene rings is 12. The highest BCUT2D eigenvalue weighted by Crippen LogP contribution is 2.65. The van der Waals surface area contributed by atoms with Gasteiger partial charge in [0.2, 0.25) is 0 Å². The Bertz CT molecular complexity index is 4430. The van der Waals surface area contributed by atoms with E-state index in [0.29, 0.717) is 0 Å². The molecule has 3 aliphatic carbocycles. The molecule has 0 bridgehead atoms. The Balaban J connectivity index is 1.07. The van der Waals surface area contributed by atoms with Crippen LogP contribution in [0, 0.1) is 0 Å². The number of nitrogens with zero attached hydrogens (tertiary/aromatic N) is 1. The zero-order valence-corrected chi connectivity index (χ0v) is 40.7. The van der Waals surface area contributed by atoms with Crippen molar-refractivity contribution in [3.8, 4) is 44.5 Å². The summed E-state index contributed by atoms with van der Waals surface area (Å²) in [5.74, 6) is 0. The minimum absolute atomic E-state index is 0.196. The van der Waals surface area contributed by atoms with Gasteiger partial charge < -0.3 is 4.90 Å². The van der Waals surface area contributed by atoms with Gasteiger partial charge in [-0.3, -0.25) is 0 Å². The van der Waals surface area contributed by atoms with Crippen molar-refractivity contribution >= 4 is 80.9 Å². The van der Waals surface area contributed by atoms with E-state index >= 15 is 0 Å². The number of hydrogen-bond acceptors (Lipinski definition) is 2. The first-order valence-electron chi connectivity index (χ1n) is 25.2. The molecule has 12 aromatic carbocycles. The molecule has 1 aromatic heterocycles. The third kappa shape index (κ3) is 5.17. The molecule has 13 aromatic rings. The van der Waals surface area contributed by atoms with Gasteiger partial charge in [0.05, 0.1) is 11.1 Å². The largest absolute Gasteiger partial charge is 0.310 e. The fourth-order valence-electron chi connectivity index (χ4n) is 13.8. The van der Waals surface area contributed by atoms with E-state index in [1.165, 1.54) is 130 Å². The molecule has 0 aliphatic heterocycles. The lowest BCUT2D eigenvalue weighted by atomic mass is 9.70. The Labute approximate surface area is 422 Å². The van der Waals surface area contributed by atoms with Crippen LogP contribution in [0.5, 0.6) is 0 Å². The first kappa shape index (κ1) is 40.2. The summed E-state index contributed by atoms with van der Waals surface area (Å²) in [5.41, 5.74) is 21.1. The van der Waals surface area contributed by atoms with Crippen LogP contribution in [0.3, 0.4) is 0 Å². The molecular weight excluding hydrogens is 887 g/mol. The Morgan fingerprint density at radius 1 is 0.292 bits per heavy atom. The van der Waals surface area contributed by atoms with Crippen molar-refractivity contribution in [2.24, 2.45) is 0 Å². The van der Waals surface area contributed by atoms with Crippen molar-refractivity contribution in [2.45, 2.75) is 24.7 Å². The Morgan fingerprint density at radius 3 is 1.40 bits per heavy atom. The molecular formula is C70H45NS. The van der Waals surface area contributed by atoms with Gasteiger partial charge in [-0.2, -0.15) is 0 Å². The van der Waals surface area contributed by atoms with Gasteiger partial charge in [-0.25, -0.2) is 0 Å². The van der Waals surface area contributed by atoms with E-state index in [-0.39, 0.29) is 5.41 Å². The molecule has 2 heteroatoms. The average Bonchev–Trinajstić information content (AvgIpc) is 4.13. The Kier molecular flexibility index (Phi) is 8.10. The van der Waals surface area contributed by atoms with Crippen LogP contribution >= 0.6 is 11.3 Å². The molecule has 1 spiro atoms. The van der Waals surface area contributed by atoms with E-state index in [9.17, 15) is 0 Å². The van der Waals surface area contributed by atoms with Crippen molar-refractivity contribution in [3.05, 3.63) is 270 Å². The standard InChI is InChI=1S/C70H45NS/c1-69(2)60-29-12-7-22-49(60)53-37-35-43(39-64(53)69)71(42-34-36-48-46-20-4-3-18-44(46)45-19-5-6-21-47(45)57(48)38-42)66-41-65-58(40-59(66)56-28-17-27-55-54-26-11-16-33-67(54)72-68(55)56)52-25-10-15-32-63(52)70(65)61-30-13-8-23-50(61)51-24-9-14-31-62(51)70/h3-41H,1-2H3. The van der Waals surface area contributed by atoms with Crippen molar-refractivity contribution in [1.82, 2.24) is 0 Å². The molecule has 0 saturated carbocycles. The summed E-state index contributed by atoms with van der Waals surface area (Å²) in [5, 5.41) is 10.2. The van der Waals surface area contributed by atoms with Gasteiger partial charge in [0.25, 0.3) is 0 Å². The number of rotatable bonds is 4. The van der Waals surface area contributed by atoms with Gasteiger partial charge in [0.1, 0.15) is 0 Å². The molecule has 0 unspecified atom stereocenters. The van der Waals surface area contributed by atoms with Gasteiger partial charge in [0, 0.05) is 48.1 Å². The maximum Gasteiger partial charge on any atom is 0.0726 e. The molecule has 72 heavy (non-hydrogen) atoms. The molecule has 1 nitrogen and oxygen atoms in total. The molecule has 1 heterocycles. The summed E-state index contributed by atoms with van der Waals surface area (Å²) in [6.07, 6.45) is 0. The van der Waals surface area contributed by atoms with E-state index in [1.54, 1.807) is 0 Å². The normalized spacial score (nSPS) is 14.2. The van der Waals surface area contributed by atoms with Crippen LogP contribution in [-0.2, 0) is 10.8 Å². The topological polar surface area (TPSA) is 3.24 Å². The lowest BCUT2D eigenvalue weighted by Gasteiger charge is -2.34. The van der Waals surface area contributed by atoms with Crippen LogP contribution in [0.1, 0.15) is 47.2 Å². The molecule has 0 amide bonds. The molecule has 0 radical (unpaired) electrons. The molecule has 0 N–H and O–H groups in total. The predicted molar refractivity (Wildman–Crippen MR) is 306 cm³/mol. The molecule has 0 saturated heterocycles. The van der Waals surface area contributed by atoms with Crippen molar-refractivity contribution in [2.75, 3.05) is 4.90 Å². The summed E-state index contributed by atoms with van der Waals surface area (Å²) >= 11 is 1.91. The fourth-order valence-corrected chi connectivity index (χ4v) is 15.0. The third-order valence-electron chi connectivity index (χ3n) is 16.9. The monoisotopic (exact) mass is 931 g/mol. The summed E-state index contributed by atoms with van der Waals surface area (Å²) < 4.78 is 2.61. The fraction of sp³-hybridized carbons (Fsp3) is 0.0571. The van der Waals surface area contributed by atoms with Crippen molar-refractivity contribution in [3.63, 3.8) is 0 Å². The van der Waals surface area contributed by atoms with Gasteiger partial charge in [-0.1, -0.05) is 208 Å². The molecule has 16 rings (SSSR count). The maximum absolute atomic E-state index is 2.62. The number of fused-ring (bicyclic) bond motifs is 22. The summed E-state index contributed by atoms with van der Waals surface area (Å²) in [7, 11) is 0. The SMILES string of the molecule is CC1(C)c2ccccc2-c2ccc(N(c3ccc4c5ccccc5c5ccccc5c4c3)c3cc4c(cc3-c3cccc5c3sc3ccccc35)-c3ccccc3C43c4ccccc4-c4ccccc43)cc21. The van der Waals surface area contributed by atoms with Crippen LogP contribution in [0.2, 0.25) is 0 Å². The van der Waals surface area contributed by atoms with Gasteiger partial charge in [-0.05, 0) is 142 Å². The van der Waals surface area contributed by atoms with Gasteiger partial charge in [-0.15, -0.1) is 11.3 Å². The highest BCUT2D eigenvalue weighted by atomic mass is 32.1. The summed E-state index contributed by atoms with van der Waals surface area (Å²) in [6.45, 7) is 4.80. The second-order valence-corrected chi connectivity index (χ2v) is 21.7. The van der Waals surface area contributed by atoms with Gasteiger partial charge in [0.15, 0.2) is 0 Å². The van der Waals surface area contributed by atoms with Crippen LogP contribution in [0.4, 0.5) is 17.1 Å². The smallest absolute Gasteiger partial charge is 0.0726 e. The lowest BCUT2D eigenvalue weighted by molar-refractivity contribution is 0.660. The lowest BCUT2D eigenvalue weighted by Crippen LogP contribution is -2.26. The molecule has 336 valence electrons. The van der Waals surface area contributed by atoms with E-state index in [2.05, 4.69) is 255 Å². The second-order valence-electron chi connectivity index (χ2n) is 20.6. The zero-order valence-electron chi connectivity index (χ0n) is 39.9. The average molecular weight is 932 g/mol. The number of anilines is 3. The first-order valence-corrected chi connectivity index (χ1v) is 26.1. The van der Waals surface area contributed by atoms with Crippen LogP contribution in [0.25, 0.3) is 97.0 Å². The molecule has 0 atom stereocenters.